The van der Waals surface area contributed by atoms with Crippen molar-refractivity contribution >= 4 is 11.9 Å². The third-order valence-electron chi connectivity index (χ3n) is 3.80. The molecule has 0 radical (unpaired) electrons. The average Bonchev–Trinajstić information content (AvgIpc) is 2.56. The van der Waals surface area contributed by atoms with Gasteiger partial charge in [0.05, 0.1) is 19.8 Å². The van der Waals surface area contributed by atoms with Gasteiger partial charge in [-0.05, 0) is 26.2 Å². The number of hydrogen-bond donors (Lipinski definition) is 0. The molecular weight excluding hydrogens is 270 g/mol. The van der Waals surface area contributed by atoms with E-state index in [0.717, 1.165) is 32.1 Å². The second kappa shape index (κ2) is 6.89. The van der Waals surface area contributed by atoms with Crippen molar-refractivity contribution in [3.63, 3.8) is 0 Å². The molecule has 0 bridgehead atoms. The van der Waals surface area contributed by atoms with Crippen LogP contribution in [0.2, 0.25) is 0 Å². The second-order valence-corrected chi connectivity index (χ2v) is 5.30. The highest BCUT2D eigenvalue weighted by Crippen LogP contribution is 2.21. The van der Waals surface area contributed by atoms with Gasteiger partial charge in [0, 0.05) is 26.2 Å². The van der Waals surface area contributed by atoms with Gasteiger partial charge in [-0.3, -0.25) is 0 Å². The molecule has 0 saturated carbocycles. The number of hydrogen-bond acceptors (Lipinski definition) is 7. The molecule has 1 aromatic rings. The highest BCUT2D eigenvalue weighted by atomic mass is 16.5. The normalized spacial score (nSPS) is 19.7. The summed E-state index contributed by atoms with van der Waals surface area (Å²) in [5, 5.41) is 0. The first-order valence-electron chi connectivity index (χ1n) is 7.83. The Hall–Kier alpha value is -1.63. The van der Waals surface area contributed by atoms with Crippen LogP contribution in [0.1, 0.15) is 26.2 Å². The minimum absolute atomic E-state index is 0.426. The molecule has 2 aliphatic rings. The van der Waals surface area contributed by atoms with Crippen LogP contribution in [0, 0.1) is 0 Å². The molecule has 2 saturated heterocycles. The van der Waals surface area contributed by atoms with E-state index < -0.39 is 0 Å². The summed E-state index contributed by atoms with van der Waals surface area (Å²) in [6, 6.07) is 0.426. The lowest BCUT2D eigenvalue weighted by molar-refractivity contribution is 0.122. The van der Waals surface area contributed by atoms with Crippen LogP contribution in [0.4, 0.5) is 11.9 Å². The summed E-state index contributed by atoms with van der Waals surface area (Å²) < 4.78 is 10.9. The Morgan fingerprint density at radius 1 is 0.905 bits per heavy atom. The lowest BCUT2D eigenvalue weighted by atomic mass is 10.1. The van der Waals surface area contributed by atoms with Crippen LogP contribution in [0.25, 0.3) is 0 Å². The van der Waals surface area contributed by atoms with Gasteiger partial charge in [-0.2, -0.15) is 15.0 Å². The van der Waals surface area contributed by atoms with Gasteiger partial charge < -0.3 is 19.3 Å². The smallest absolute Gasteiger partial charge is 0.323 e. The van der Waals surface area contributed by atoms with Gasteiger partial charge in [-0.1, -0.05) is 0 Å². The van der Waals surface area contributed by atoms with Crippen LogP contribution in [-0.2, 0) is 4.74 Å². The zero-order valence-corrected chi connectivity index (χ0v) is 12.6. The molecule has 7 nitrogen and oxygen atoms in total. The zero-order valence-electron chi connectivity index (χ0n) is 12.6. The summed E-state index contributed by atoms with van der Waals surface area (Å²) in [4.78, 5) is 17.9. The number of piperidine rings is 1. The van der Waals surface area contributed by atoms with Crippen LogP contribution in [0.15, 0.2) is 0 Å². The first-order chi connectivity index (χ1) is 10.4. The van der Waals surface area contributed by atoms with E-state index in [1.54, 1.807) is 0 Å². The van der Waals surface area contributed by atoms with Crippen LogP contribution in [0.3, 0.4) is 0 Å². The maximum absolute atomic E-state index is 5.52. The molecule has 3 rings (SSSR count). The largest absolute Gasteiger partial charge is 0.464 e. The van der Waals surface area contributed by atoms with E-state index >= 15 is 0 Å². The SMILES string of the molecule is CCOc1nc(N2CCCCC2)nc(N2CCOCC2)n1. The third-order valence-corrected chi connectivity index (χ3v) is 3.80. The van der Waals surface area contributed by atoms with Crippen molar-refractivity contribution in [3.8, 4) is 6.01 Å². The number of rotatable bonds is 4. The van der Waals surface area contributed by atoms with Crippen molar-refractivity contribution in [2.75, 3.05) is 55.8 Å². The molecular formula is C14H23N5O2. The van der Waals surface area contributed by atoms with Crippen LogP contribution in [-0.4, -0.2) is 61.0 Å². The molecule has 0 N–H and O–H groups in total. The molecule has 0 aliphatic carbocycles. The van der Waals surface area contributed by atoms with Gasteiger partial charge in [0.1, 0.15) is 0 Å². The number of morpholine rings is 1. The van der Waals surface area contributed by atoms with Crippen LogP contribution >= 0.6 is 0 Å². The fourth-order valence-corrected chi connectivity index (χ4v) is 2.67. The Kier molecular flexibility index (Phi) is 4.69. The summed E-state index contributed by atoms with van der Waals surface area (Å²) in [6.07, 6.45) is 3.68. The summed E-state index contributed by atoms with van der Waals surface area (Å²) in [7, 11) is 0. The minimum Gasteiger partial charge on any atom is -0.464 e. The van der Waals surface area contributed by atoms with E-state index in [4.69, 9.17) is 9.47 Å². The lowest BCUT2D eigenvalue weighted by Crippen LogP contribution is -2.38. The predicted molar refractivity (Wildman–Crippen MR) is 80.1 cm³/mol. The van der Waals surface area contributed by atoms with E-state index in [9.17, 15) is 0 Å². The highest BCUT2D eigenvalue weighted by Gasteiger charge is 2.20. The van der Waals surface area contributed by atoms with Crippen LogP contribution in [0.5, 0.6) is 6.01 Å². The molecule has 21 heavy (non-hydrogen) atoms. The summed E-state index contributed by atoms with van der Waals surface area (Å²) in [5.41, 5.74) is 0. The molecule has 1 aromatic heterocycles. The fourth-order valence-electron chi connectivity index (χ4n) is 2.67. The third kappa shape index (κ3) is 3.53. The van der Waals surface area contributed by atoms with E-state index in [1.165, 1.54) is 19.3 Å². The quantitative estimate of drug-likeness (QED) is 0.823. The lowest BCUT2D eigenvalue weighted by Gasteiger charge is -2.30. The minimum atomic E-state index is 0.426. The van der Waals surface area contributed by atoms with Gasteiger partial charge in [-0.15, -0.1) is 0 Å². The molecule has 0 spiro atoms. The van der Waals surface area contributed by atoms with Gasteiger partial charge in [0.2, 0.25) is 11.9 Å². The topological polar surface area (TPSA) is 63.6 Å². The van der Waals surface area contributed by atoms with Gasteiger partial charge in [0.15, 0.2) is 0 Å². The maximum Gasteiger partial charge on any atom is 0.323 e. The van der Waals surface area contributed by atoms with Gasteiger partial charge in [-0.25, -0.2) is 0 Å². The molecule has 0 unspecified atom stereocenters. The highest BCUT2D eigenvalue weighted by molar-refractivity contribution is 5.41. The van der Waals surface area contributed by atoms with E-state index in [2.05, 4.69) is 24.8 Å². The maximum atomic E-state index is 5.52. The van der Waals surface area contributed by atoms with Crippen molar-refractivity contribution < 1.29 is 9.47 Å². The Morgan fingerprint density at radius 2 is 1.52 bits per heavy atom. The van der Waals surface area contributed by atoms with Crippen molar-refractivity contribution in [2.24, 2.45) is 0 Å². The summed E-state index contributed by atoms with van der Waals surface area (Å²) >= 11 is 0. The molecule has 0 atom stereocenters. The van der Waals surface area contributed by atoms with Crippen molar-refractivity contribution in [1.82, 2.24) is 15.0 Å². The first kappa shape index (κ1) is 14.3. The van der Waals surface area contributed by atoms with E-state index in [0.29, 0.717) is 31.8 Å². The molecule has 3 heterocycles. The first-order valence-corrected chi connectivity index (χ1v) is 7.83. The molecule has 0 aromatic carbocycles. The molecule has 116 valence electrons. The number of aromatic nitrogens is 3. The van der Waals surface area contributed by atoms with Gasteiger partial charge >= 0.3 is 6.01 Å². The summed E-state index contributed by atoms with van der Waals surface area (Å²) in [6.45, 7) is 7.59. The Balaban J connectivity index is 1.85. The molecule has 7 heteroatoms. The zero-order chi connectivity index (χ0) is 14.5. The average molecular weight is 293 g/mol. The number of nitrogens with zero attached hydrogens (tertiary/aromatic N) is 5. The second-order valence-electron chi connectivity index (χ2n) is 5.30. The van der Waals surface area contributed by atoms with Crippen LogP contribution < -0.4 is 14.5 Å². The number of ether oxygens (including phenoxy) is 2. The standard InChI is InChI=1S/C14H23N5O2/c1-2-21-14-16-12(18-6-4-3-5-7-18)15-13(17-14)19-8-10-20-11-9-19/h2-11H2,1H3. The van der Waals surface area contributed by atoms with Gasteiger partial charge in [0.25, 0.3) is 0 Å². The van der Waals surface area contributed by atoms with E-state index in [-0.39, 0.29) is 0 Å². The van der Waals surface area contributed by atoms with Crippen molar-refractivity contribution in [1.29, 1.82) is 0 Å². The Labute approximate surface area is 125 Å². The Bertz CT molecular complexity index is 422. The predicted octanol–water partition coefficient (Wildman–Crippen LogP) is 1.10. The summed E-state index contributed by atoms with van der Waals surface area (Å²) in [5.74, 6) is 1.45. The van der Waals surface area contributed by atoms with Crippen molar-refractivity contribution in [2.45, 2.75) is 26.2 Å². The van der Waals surface area contributed by atoms with Crippen molar-refractivity contribution in [3.05, 3.63) is 0 Å². The molecule has 2 fully saturated rings. The molecule has 0 amide bonds. The fraction of sp³-hybridized carbons (Fsp3) is 0.786. The monoisotopic (exact) mass is 293 g/mol. The van der Waals surface area contributed by atoms with E-state index in [1.807, 2.05) is 6.92 Å². The number of anilines is 2. The Morgan fingerprint density at radius 3 is 2.14 bits per heavy atom. The molecule has 2 aliphatic heterocycles.